The van der Waals surface area contributed by atoms with Crippen LogP contribution in [0.4, 0.5) is 0 Å². The van der Waals surface area contributed by atoms with Gasteiger partial charge in [-0.15, -0.1) is 11.3 Å². The molecule has 2 rings (SSSR count). The number of nitrogens with zero attached hydrogens (tertiary/aromatic N) is 2. The summed E-state index contributed by atoms with van der Waals surface area (Å²) in [5.41, 5.74) is 5.52. The maximum absolute atomic E-state index is 11.2. The number of hydrogen-bond donors (Lipinski definition) is 1. The van der Waals surface area contributed by atoms with Crippen molar-refractivity contribution >= 4 is 37.3 Å². The van der Waals surface area contributed by atoms with E-state index in [0.717, 1.165) is 17.6 Å². The van der Waals surface area contributed by atoms with E-state index < -0.39 is 15.7 Å². The molecule has 0 aliphatic heterocycles. The molecule has 0 spiro atoms. The fourth-order valence-corrected chi connectivity index (χ4v) is 2.45. The number of carbonyl (C=O) groups excluding carboxylic acids is 1. The van der Waals surface area contributed by atoms with Gasteiger partial charge >= 0.3 is 0 Å². The lowest BCUT2D eigenvalue weighted by Gasteiger charge is -1.94. The van der Waals surface area contributed by atoms with E-state index in [1.54, 1.807) is 0 Å². The van der Waals surface area contributed by atoms with Gasteiger partial charge in [-0.05, 0) is 6.07 Å². The minimum absolute atomic E-state index is 0.256. The van der Waals surface area contributed by atoms with E-state index in [1.165, 1.54) is 12.3 Å². The fourth-order valence-electron chi connectivity index (χ4n) is 1.12. The number of thiophene rings is 1. The Balaban J connectivity index is 2.67. The predicted octanol–water partition coefficient (Wildman–Crippen LogP) is 0.194. The van der Waals surface area contributed by atoms with Gasteiger partial charge in [0.15, 0.2) is 0 Å². The molecule has 0 radical (unpaired) electrons. The normalized spacial score (nSPS) is 11.8. The zero-order chi connectivity index (χ0) is 11.9. The van der Waals surface area contributed by atoms with Crippen LogP contribution in [0, 0.1) is 0 Å². The smallest absolute Gasteiger partial charge is 0.258 e. The topological polar surface area (TPSA) is 103 Å². The molecule has 0 unspecified atom stereocenters. The maximum Gasteiger partial charge on any atom is 0.258 e. The molecule has 2 heterocycles. The summed E-state index contributed by atoms with van der Waals surface area (Å²) < 4.78 is 23.0. The molecule has 84 valence electrons. The third-order valence-corrected chi connectivity index (χ3v) is 3.76. The molecule has 2 aromatic rings. The zero-order valence-corrected chi connectivity index (χ0v) is 9.80. The monoisotopic (exact) mass is 257 g/mol. The molecule has 0 aliphatic carbocycles. The van der Waals surface area contributed by atoms with E-state index in [2.05, 4.69) is 9.97 Å². The molecule has 6 nitrogen and oxygen atoms in total. The van der Waals surface area contributed by atoms with Crippen LogP contribution in [-0.4, -0.2) is 30.5 Å². The van der Waals surface area contributed by atoms with Crippen LogP contribution in [0.5, 0.6) is 0 Å². The summed E-state index contributed by atoms with van der Waals surface area (Å²) in [6.07, 6.45) is 2.39. The first-order chi connectivity index (χ1) is 7.38. The molecule has 1 amide bonds. The summed E-state index contributed by atoms with van der Waals surface area (Å²) in [4.78, 5) is 18.8. The van der Waals surface area contributed by atoms with Crippen molar-refractivity contribution in [2.24, 2.45) is 5.73 Å². The number of amides is 1. The number of nitrogens with two attached hydrogens (primary N) is 1. The van der Waals surface area contributed by atoms with Crippen molar-refractivity contribution in [1.82, 2.24) is 9.97 Å². The second kappa shape index (κ2) is 3.49. The van der Waals surface area contributed by atoms with Crippen LogP contribution in [0.25, 0.3) is 10.2 Å². The van der Waals surface area contributed by atoms with Gasteiger partial charge in [0.2, 0.25) is 15.0 Å². The molecule has 0 saturated carbocycles. The van der Waals surface area contributed by atoms with Crippen LogP contribution in [0.15, 0.2) is 17.4 Å². The van der Waals surface area contributed by atoms with Crippen molar-refractivity contribution in [2.75, 3.05) is 6.26 Å². The van der Waals surface area contributed by atoms with Crippen LogP contribution < -0.4 is 5.73 Å². The lowest BCUT2D eigenvalue weighted by molar-refractivity contribution is 0.100. The van der Waals surface area contributed by atoms with E-state index in [4.69, 9.17) is 5.73 Å². The molecule has 0 saturated heterocycles. The fraction of sp³-hybridized carbons (Fsp3) is 0.125. The van der Waals surface area contributed by atoms with E-state index in [1.807, 2.05) is 0 Å². The highest BCUT2D eigenvalue weighted by molar-refractivity contribution is 7.90. The first-order valence-corrected chi connectivity index (χ1v) is 6.85. The second-order valence-corrected chi connectivity index (χ2v) is 6.14. The van der Waals surface area contributed by atoms with Gasteiger partial charge in [-0.2, -0.15) is 0 Å². The molecule has 0 atom stereocenters. The summed E-state index contributed by atoms with van der Waals surface area (Å²) in [7, 11) is -3.44. The van der Waals surface area contributed by atoms with E-state index in [0.29, 0.717) is 15.1 Å². The largest absolute Gasteiger partial charge is 0.365 e. The number of sulfone groups is 1. The summed E-state index contributed by atoms with van der Waals surface area (Å²) in [6, 6.07) is 1.46. The van der Waals surface area contributed by atoms with Gasteiger partial charge < -0.3 is 5.73 Å². The van der Waals surface area contributed by atoms with Crippen LogP contribution in [0.2, 0.25) is 0 Å². The Bertz CT molecular complexity index is 675. The summed E-state index contributed by atoms with van der Waals surface area (Å²) in [6.45, 7) is 0. The van der Waals surface area contributed by atoms with Gasteiger partial charge in [-0.1, -0.05) is 0 Å². The third kappa shape index (κ3) is 1.89. The van der Waals surface area contributed by atoms with E-state index in [-0.39, 0.29) is 5.16 Å². The SMILES string of the molecule is CS(=O)(=O)c1ncc2sc(C(N)=O)cc2n1. The molecular formula is C8H7N3O3S2. The molecule has 0 aromatic carbocycles. The molecule has 0 fully saturated rings. The molecule has 8 heteroatoms. The maximum atomic E-state index is 11.2. The minimum atomic E-state index is -3.44. The highest BCUT2D eigenvalue weighted by Crippen LogP contribution is 2.23. The molecule has 2 aromatic heterocycles. The number of carbonyl (C=O) groups is 1. The average molecular weight is 257 g/mol. The Hall–Kier alpha value is -1.54. The van der Waals surface area contributed by atoms with Crippen LogP contribution in [0.1, 0.15) is 9.67 Å². The number of fused-ring (bicyclic) bond motifs is 1. The lowest BCUT2D eigenvalue weighted by atomic mass is 10.4. The molecule has 0 aliphatic rings. The van der Waals surface area contributed by atoms with Crippen molar-refractivity contribution in [3.63, 3.8) is 0 Å². The van der Waals surface area contributed by atoms with E-state index >= 15 is 0 Å². The third-order valence-electron chi connectivity index (χ3n) is 1.82. The van der Waals surface area contributed by atoms with Gasteiger partial charge in [0.25, 0.3) is 5.91 Å². The first kappa shape index (κ1) is 11.0. The number of primary amides is 1. The summed E-state index contributed by atoms with van der Waals surface area (Å²) >= 11 is 1.13. The highest BCUT2D eigenvalue weighted by Gasteiger charge is 2.14. The first-order valence-electron chi connectivity index (χ1n) is 4.14. The van der Waals surface area contributed by atoms with Crippen molar-refractivity contribution in [3.05, 3.63) is 17.1 Å². The quantitative estimate of drug-likeness (QED) is 0.774. The molecular weight excluding hydrogens is 250 g/mol. The molecule has 2 N–H and O–H groups in total. The zero-order valence-electron chi connectivity index (χ0n) is 8.17. The summed E-state index contributed by atoms with van der Waals surface area (Å²) in [5.74, 6) is -0.566. The Kier molecular flexibility index (Phi) is 2.39. The van der Waals surface area contributed by atoms with Crippen molar-refractivity contribution in [1.29, 1.82) is 0 Å². The standard InChI is InChI=1S/C8H7N3O3S2/c1-16(13,14)8-10-3-6-4(11-8)2-5(15-6)7(9)12/h2-3H,1H3,(H2,9,12). The average Bonchev–Trinajstić information content (AvgIpc) is 2.58. The Morgan fingerprint density at radius 1 is 1.50 bits per heavy atom. The Labute approximate surface area is 95.0 Å². The lowest BCUT2D eigenvalue weighted by Crippen LogP contribution is -2.08. The van der Waals surface area contributed by atoms with Crippen LogP contribution >= 0.6 is 11.3 Å². The highest BCUT2D eigenvalue weighted by atomic mass is 32.2. The number of aromatic nitrogens is 2. The van der Waals surface area contributed by atoms with Crippen molar-refractivity contribution in [2.45, 2.75) is 5.16 Å². The van der Waals surface area contributed by atoms with Gasteiger partial charge in [-0.25, -0.2) is 18.4 Å². The number of hydrogen-bond acceptors (Lipinski definition) is 6. The van der Waals surface area contributed by atoms with Crippen LogP contribution in [0.3, 0.4) is 0 Å². The van der Waals surface area contributed by atoms with Crippen molar-refractivity contribution < 1.29 is 13.2 Å². The molecule has 16 heavy (non-hydrogen) atoms. The van der Waals surface area contributed by atoms with Crippen molar-refractivity contribution in [3.8, 4) is 0 Å². The summed E-state index contributed by atoms with van der Waals surface area (Å²) in [5, 5.41) is -0.256. The predicted molar refractivity (Wildman–Crippen MR) is 59.0 cm³/mol. The van der Waals surface area contributed by atoms with E-state index in [9.17, 15) is 13.2 Å². The van der Waals surface area contributed by atoms with Gasteiger partial charge in [-0.3, -0.25) is 4.79 Å². The second-order valence-electron chi connectivity index (χ2n) is 3.15. The number of rotatable bonds is 2. The Morgan fingerprint density at radius 2 is 2.19 bits per heavy atom. The molecule has 0 bridgehead atoms. The minimum Gasteiger partial charge on any atom is -0.365 e. The van der Waals surface area contributed by atoms with Gasteiger partial charge in [0.1, 0.15) is 0 Å². The Morgan fingerprint density at radius 3 is 2.75 bits per heavy atom. The van der Waals surface area contributed by atoms with Crippen LogP contribution in [-0.2, 0) is 9.84 Å². The van der Waals surface area contributed by atoms with Gasteiger partial charge in [0.05, 0.1) is 15.1 Å². The van der Waals surface area contributed by atoms with Gasteiger partial charge in [0, 0.05) is 12.5 Å².